The van der Waals surface area contributed by atoms with Crippen LogP contribution in [0.15, 0.2) is 71.6 Å². The fourth-order valence-corrected chi connectivity index (χ4v) is 4.00. The third kappa shape index (κ3) is 4.48. The first kappa shape index (κ1) is 20.4. The van der Waals surface area contributed by atoms with Crippen LogP contribution in [0.2, 0.25) is 0 Å². The second-order valence-corrected chi connectivity index (χ2v) is 8.29. The summed E-state index contributed by atoms with van der Waals surface area (Å²) in [5.41, 5.74) is 0.959. The lowest BCUT2D eigenvalue weighted by molar-refractivity contribution is -0.118. The highest BCUT2D eigenvalue weighted by molar-refractivity contribution is 7.92. The van der Waals surface area contributed by atoms with Crippen LogP contribution in [-0.2, 0) is 14.8 Å². The van der Waals surface area contributed by atoms with E-state index < -0.39 is 21.7 Å². The van der Waals surface area contributed by atoms with Crippen molar-refractivity contribution in [3.8, 4) is 5.75 Å². The molecule has 0 saturated carbocycles. The van der Waals surface area contributed by atoms with Gasteiger partial charge in [-0.1, -0.05) is 12.1 Å². The van der Waals surface area contributed by atoms with Crippen molar-refractivity contribution < 1.29 is 27.1 Å². The van der Waals surface area contributed by atoms with Gasteiger partial charge in [-0.25, -0.2) is 12.8 Å². The van der Waals surface area contributed by atoms with Crippen LogP contribution in [0.1, 0.15) is 10.4 Å². The number of carbonyl (C=O) groups is 2. The number of hydrogen-bond donors (Lipinski definition) is 3. The van der Waals surface area contributed by atoms with E-state index in [4.69, 9.17) is 4.74 Å². The van der Waals surface area contributed by atoms with Gasteiger partial charge in [-0.05, 0) is 54.6 Å². The van der Waals surface area contributed by atoms with Gasteiger partial charge in [0.25, 0.3) is 21.8 Å². The summed E-state index contributed by atoms with van der Waals surface area (Å²) in [7, 11) is -4.00. The summed E-state index contributed by atoms with van der Waals surface area (Å²) in [5, 5.41) is 5.27. The van der Waals surface area contributed by atoms with Crippen LogP contribution in [0.25, 0.3) is 0 Å². The van der Waals surface area contributed by atoms with Crippen LogP contribution >= 0.6 is 0 Å². The lowest BCUT2D eigenvalue weighted by Gasteiger charge is -2.18. The van der Waals surface area contributed by atoms with Gasteiger partial charge in [0.05, 0.1) is 22.0 Å². The molecule has 10 heteroatoms. The highest BCUT2D eigenvalue weighted by Crippen LogP contribution is 2.30. The van der Waals surface area contributed by atoms with Crippen molar-refractivity contribution in [2.75, 3.05) is 22.0 Å². The number of carbonyl (C=O) groups excluding carboxylic acids is 2. The summed E-state index contributed by atoms with van der Waals surface area (Å²) >= 11 is 0. The summed E-state index contributed by atoms with van der Waals surface area (Å²) in [4.78, 5) is 24.1. The second kappa shape index (κ2) is 8.07. The van der Waals surface area contributed by atoms with E-state index in [9.17, 15) is 22.4 Å². The van der Waals surface area contributed by atoms with Gasteiger partial charge >= 0.3 is 0 Å². The molecule has 31 heavy (non-hydrogen) atoms. The van der Waals surface area contributed by atoms with E-state index in [1.54, 1.807) is 18.2 Å². The average Bonchev–Trinajstić information content (AvgIpc) is 2.74. The van der Waals surface area contributed by atoms with Crippen LogP contribution in [0, 0.1) is 5.82 Å². The number of anilines is 3. The van der Waals surface area contributed by atoms with Crippen LogP contribution in [0.3, 0.4) is 0 Å². The molecule has 0 aliphatic carbocycles. The Morgan fingerprint density at radius 2 is 1.71 bits per heavy atom. The maximum Gasteiger partial charge on any atom is 0.262 e. The number of amides is 2. The monoisotopic (exact) mass is 441 g/mol. The van der Waals surface area contributed by atoms with Crippen molar-refractivity contribution in [3.63, 3.8) is 0 Å². The Balaban J connectivity index is 1.56. The third-order valence-electron chi connectivity index (χ3n) is 4.42. The molecular weight excluding hydrogens is 425 g/mol. The molecule has 4 rings (SSSR count). The van der Waals surface area contributed by atoms with Gasteiger partial charge < -0.3 is 15.4 Å². The van der Waals surface area contributed by atoms with Crippen molar-refractivity contribution in [3.05, 3.63) is 78.1 Å². The predicted octanol–water partition coefficient (Wildman–Crippen LogP) is 3.21. The van der Waals surface area contributed by atoms with Crippen LogP contribution < -0.4 is 20.1 Å². The maximum atomic E-state index is 13.1. The van der Waals surface area contributed by atoms with Crippen LogP contribution in [-0.4, -0.2) is 26.8 Å². The van der Waals surface area contributed by atoms with Crippen molar-refractivity contribution in [2.45, 2.75) is 4.90 Å². The standard InChI is InChI=1S/C21H16FN3O5S/c22-14-6-8-15(9-7-14)31(28,29)25-17-4-2-1-3-16(17)24-21(27)13-5-10-19-18(11-13)23-20(26)12-30-19/h1-11,25H,12H2,(H,23,26)(H,24,27). The Bertz CT molecular complexity index is 1280. The van der Waals surface area contributed by atoms with Crippen molar-refractivity contribution in [2.24, 2.45) is 0 Å². The Kier molecular flexibility index (Phi) is 5.30. The first-order chi connectivity index (χ1) is 14.8. The normalized spacial score (nSPS) is 12.9. The first-order valence-corrected chi connectivity index (χ1v) is 10.6. The third-order valence-corrected chi connectivity index (χ3v) is 5.80. The van der Waals surface area contributed by atoms with Gasteiger partial charge in [-0.2, -0.15) is 0 Å². The van der Waals surface area contributed by atoms with Gasteiger partial charge in [-0.3, -0.25) is 14.3 Å². The quantitative estimate of drug-likeness (QED) is 0.563. The first-order valence-electron chi connectivity index (χ1n) is 9.07. The van der Waals surface area contributed by atoms with E-state index in [0.29, 0.717) is 11.4 Å². The number of hydrogen-bond acceptors (Lipinski definition) is 5. The molecular formula is C21H16FN3O5S. The number of ether oxygens (including phenoxy) is 1. The number of halogens is 1. The minimum atomic E-state index is -4.00. The molecule has 3 N–H and O–H groups in total. The largest absolute Gasteiger partial charge is 0.482 e. The summed E-state index contributed by atoms with van der Waals surface area (Å²) in [6.07, 6.45) is 0. The molecule has 0 aromatic heterocycles. The molecule has 3 aromatic carbocycles. The molecule has 0 spiro atoms. The van der Waals surface area contributed by atoms with Gasteiger partial charge in [0.15, 0.2) is 6.61 Å². The molecule has 8 nitrogen and oxygen atoms in total. The fraction of sp³-hybridized carbons (Fsp3) is 0.0476. The zero-order chi connectivity index (χ0) is 22.0. The molecule has 0 unspecified atom stereocenters. The van der Waals surface area contributed by atoms with Gasteiger partial charge in [-0.15, -0.1) is 0 Å². The smallest absolute Gasteiger partial charge is 0.262 e. The number of para-hydroxylation sites is 2. The lowest BCUT2D eigenvalue weighted by Crippen LogP contribution is -2.25. The van der Waals surface area contributed by atoms with E-state index in [-0.39, 0.29) is 34.3 Å². The summed E-state index contributed by atoms with van der Waals surface area (Å²) in [5.74, 6) is -0.955. The highest BCUT2D eigenvalue weighted by Gasteiger charge is 2.20. The van der Waals surface area contributed by atoms with Crippen LogP contribution in [0.4, 0.5) is 21.5 Å². The van der Waals surface area contributed by atoms with Crippen molar-refractivity contribution in [1.82, 2.24) is 0 Å². The average molecular weight is 441 g/mol. The second-order valence-electron chi connectivity index (χ2n) is 6.61. The summed E-state index contributed by atoms with van der Waals surface area (Å²) in [6.45, 7) is -0.0971. The molecule has 1 aliphatic heterocycles. The van der Waals surface area contributed by atoms with E-state index in [1.165, 1.54) is 24.3 Å². The van der Waals surface area contributed by atoms with Crippen molar-refractivity contribution in [1.29, 1.82) is 0 Å². The van der Waals surface area contributed by atoms with Crippen molar-refractivity contribution >= 4 is 38.9 Å². The molecule has 2 amide bonds. The Labute approximate surface area is 177 Å². The Morgan fingerprint density at radius 1 is 1.00 bits per heavy atom. The number of fused-ring (bicyclic) bond motifs is 1. The zero-order valence-corrected chi connectivity index (χ0v) is 16.7. The Morgan fingerprint density at radius 3 is 2.45 bits per heavy atom. The van der Waals surface area contributed by atoms with Gasteiger partial charge in [0, 0.05) is 5.56 Å². The number of nitrogens with one attached hydrogen (secondary N) is 3. The zero-order valence-electron chi connectivity index (χ0n) is 15.9. The number of sulfonamides is 1. The molecule has 0 fully saturated rings. The number of benzene rings is 3. The fourth-order valence-electron chi connectivity index (χ4n) is 2.92. The molecule has 158 valence electrons. The minimum absolute atomic E-state index is 0.0971. The molecule has 3 aromatic rings. The van der Waals surface area contributed by atoms with E-state index in [0.717, 1.165) is 24.3 Å². The molecule has 0 atom stereocenters. The SMILES string of the molecule is O=C1COc2ccc(C(=O)Nc3ccccc3NS(=O)(=O)c3ccc(F)cc3)cc2N1. The number of rotatable bonds is 5. The lowest BCUT2D eigenvalue weighted by atomic mass is 10.1. The topological polar surface area (TPSA) is 114 Å². The molecule has 1 heterocycles. The molecule has 0 radical (unpaired) electrons. The molecule has 0 saturated heterocycles. The van der Waals surface area contributed by atoms with Gasteiger partial charge in [0.1, 0.15) is 11.6 Å². The molecule has 0 bridgehead atoms. The van der Waals surface area contributed by atoms with E-state index in [2.05, 4.69) is 15.4 Å². The highest BCUT2D eigenvalue weighted by atomic mass is 32.2. The van der Waals surface area contributed by atoms with Crippen LogP contribution in [0.5, 0.6) is 5.75 Å². The summed E-state index contributed by atoms with van der Waals surface area (Å²) < 4.78 is 46.0. The predicted molar refractivity (Wildman–Crippen MR) is 112 cm³/mol. The maximum absolute atomic E-state index is 13.1. The minimum Gasteiger partial charge on any atom is -0.482 e. The molecule has 1 aliphatic rings. The van der Waals surface area contributed by atoms with E-state index >= 15 is 0 Å². The summed E-state index contributed by atoms with van der Waals surface area (Å²) in [6, 6.07) is 15.2. The van der Waals surface area contributed by atoms with E-state index in [1.807, 2.05) is 0 Å². The Hall–Kier alpha value is -3.92. The van der Waals surface area contributed by atoms with Gasteiger partial charge in [0.2, 0.25) is 0 Å².